The molecule has 0 radical (unpaired) electrons. The van der Waals surface area contributed by atoms with Gasteiger partial charge in [0.25, 0.3) is 0 Å². The summed E-state index contributed by atoms with van der Waals surface area (Å²) in [5.74, 6) is -4.94. The van der Waals surface area contributed by atoms with E-state index in [2.05, 4.69) is 0 Å². The molecular weight excluding hydrogens is 295 g/mol. The molecule has 0 bridgehead atoms. The predicted octanol–water partition coefficient (Wildman–Crippen LogP) is 5.52. The van der Waals surface area contributed by atoms with E-state index in [0.29, 0.717) is 4.88 Å². The Hall–Kier alpha value is -0.360. The van der Waals surface area contributed by atoms with Crippen LogP contribution in [0.1, 0.15) is 35.9 Å². The number of rotatable bonds is 2. The van der Waals surface area contributed by atoms with Crippen LogP contribution in [-0.4, -0.2) is 12.1 Å². The van der Waals surface area contributed by atoms with Gasteiger partial charge in [0.05, 0.1) is 0 Å². The topological polar surface area (TPSA) is 0 Å². The van der Waals surface area contributed by atoms with E-state index in [0.717, 1.165) is 11.3 Å². The molecular formula is C11H12ClF5S. The Morgan fingerprint density at radius 2 is 1.56 bits per heavy atom. The molecule has 1 rings (SSSR count). The third-order valence-corrected chi connectivity index (χ3v) is 4.53. The summed E-state index contributed by atoms with van der Waals surface area (Å²) in [6, 6.07) is 2.75. The Bertz CT molecular complexity index is 416. The third-order valence-electron chi connectivity index (χ3n) is 2.31. The van der Waals surface area contributed by atoms with Crippen molar-refractivity contribution in [3.05, 3.63) is 21.9 Å². The quantitative estimate of drug-likeness (QED) is 0.498. The zero-order chi connectivity index (χ0) is 14.4. The van der Waals surface area contributed by atoms with Gasteiger partial charge in [0.15, 0.2) is 0 Å². The smallest absolute Gasteiger partial charge is 0.194 e. The van der Waals surface area contributed by atoms with Gasteiger partial charge in [-0.25, -0.2) is 0 Å². The van der Waals surface area contributed by atoms with Crippen LogP contribution in [0.15, 0.2) is 12.1 Å². The highest BCUT2D eigenvalue weighted by atomic mass is 35.5. The molecule has 1 aromatic rings. The van der Waals surface area contributed by atoms with Crippen LogP contribution in [0.4, 0.5) is 22.0 Å². The van der Waals surface area contributed by atoms with Crippen LogP contribution in [0.2, 0.25) is 0 Å². The van der Waals surface area contributed by atoms with E-state index >= 15 is 0 Å². The molecule has 0 amide bonds. The number of thiophene rings is 1. The summed E-state index contributed by atoms with van der Waals surface area (Å²) in [5.41, 5.74) is -0.312. The van der Waals surface area contributed by atoms with Crippen LogP contribution in [0.5, 0.6) is 0 Å². The largest absolute Gasteiger partial charge is 0.455 e. The lowest BCUT2D eigenvalue weighted by Crippen LogP contribution is -2.39. The molecule has 1 atom stereocenters. The van der Waals surface area contributed by atoms with Crippen LogP contribution in [0, 0.1) is 0 Å². The minimum absolute atomic E-state index is 0.177. The average molecular weight is 307 g/mol. The van der Waals surface area contributed by atoms with Gasteiger partial charge in [-0.15, -0.1) is 22.9 Å². The molecule has 7 heteroatoms. The van der Waals surface area contributed by atoms with Gasteiger partial charge in [0, 0.05) is 9.75 Å². The predicted molar refractivity (Wildman–Crippen MR) is 62.6 cm³/mol. The zero-order valence-corrected chi connectivity index (χ0v) is 11.5. The maximum atomic E-state index is 13.1. The molecule has 0 aliphatic heterocycles. The zero-order valence-electron chi connectivity index (χ0n) is 9.91. The summed E-state index contributed by atoms with van der Waals surface area (Å²) in [7, 11) is 0. The highest BCUT2D eigenvalue weighted by Gasteiger charge is 2.62. The SMILES string of the molecule is CC(C)(C)c1ccc(C(Cl)C(F)(F)C(F)(F)F)s1. The average Bonchev–Trinajstić information content (AvgIpc) is 2.62. The van der Waals surface area contributed by atoms with Crippen molar-refractivity contribution in [3.8, 4) is 0 Å². The fourth-order valence-corrected chi connectivity index (χ4v) is 2.63. The Morgan fingerprint density at radius 3 is 1.89 bits per heavy atom. The molecule has 0 aromatic carbocycles. The second-order valence-corrected chi connectivity index (χ2v) is 6.49. The van der Waals surface area contributed by atoms with Crippen molar-refractivity contribution in [2.45, 2.75) is 43.7 Å². The van der Waals surface area contributed by atoms with Crippen molar-refractivity contribution in [1.29, 1.82) is 0 Å². The highest BCUT2D eigenvalue weighted by molar-refractivity contribution is 7.12. The Labute approximate surface area is 111 Å². The van der Waals surface area contributed by atoms with Crippen molar-refractivity contribution < 1.29 is 22.0 Å². The minimum Gasteiger partial charge on any atom is -0.194 e. The van der Waals surface area contributed by atoms with E-state index in [1.54, 1.807) is 0 Å². The third kappa shape index (κ3) is 2.96. The molecule has 0 N–H and O–H groups in total. The first-order valence-electron chi connectivity index (χ1n) is 5.06. The van der Waals surface area contributed by atoms with Crippen molar-refractivity contribution in [1.82, 2.24) is 0 Å². The van der Waals surface area contributed by atoms with E-state index in [1.165, 1.54) is 12.1 Å². The van der Waals surface area contributed by atoms with Gasteiger partial charge in [-0.3, -0.25) is 0 Å². The van der Waals surface area contributed by atoms with E-state index in [4.69, 9.17) is 11.6 Å². The van der Waals surface area contributed by atoms with Gasteiger partial charge in [-0.1, -0.05) is 20.8 Å². The van der Waals surface area contributed by atoms with E-state index in [1.807, 2.05) is 20.8 Å². The Morgan fingerprint density at radius 1 is 1.06 bits per heavy atom. The van der Waals surface area contributed by atoms with Gasteiger partial charge in [0.2, 0.25) is 0 Å². The normalized spacial score (nSPS) is 15.8. The molecule has 1 heterocycles. The molecule has 104 valence electrons. The van der Waals surface area contributed by atoms with Gasteiger partial charge in [-0.2, -0.15) is 22.0 Å². The lowest BCUT2D eigenvalue weighted by molar-refractivity contribution is -0.283. The number of alkyl halides is 6. The summed E-state index contributed by atoms with van der Waals surface area (Å²) >= 11 is 6.17. The second kappa shape index (κ2) is 4.63. The molecule has 1 aromatic heterocycles. The molecule has 0 aliphatic carbocycles. The van der Waals surface area contributed by atoms with Gasteiger partial charge in [0.1, 0.15) is 5.38 Å². The van der Waals surface area contributed by atoms with E-state index < -0.39 is 17.5 Å². The summed E-state index contributed by atoms with van der Waals surface area (Å²) in [5, 5.41) is -2.39. The lowest BCUT2D eigenvalue weighted by Gasteiger charge is -2.23. The van der Waals surface area contributed by atoms with Crippen molar-refractivity contribution in [2.75, 3.05) is 0 Å². The van der Waals surface area contributed by atoms with Crippen molar-refractivity contribution in [2.24, 2.45) is 0 Å². The number of halogens is 6. The van der Waals surface area contributed by atoms with Crippen LogP contribution in [0.25, 0.3) is 0 Å². The Kier molecular flexibility index (Phi) is 4.04. The fourth-order valence-electron chi connectivity index (χ4n) is 1.21. The molecule has 18 heavy (non-hydrogen) atoms. The second-order valence-electron chi connectivity index (χ2n) is 4.94. The highest BCUT2D eigenvalue weighted by Crippen LogP contribution is 2.49. The molecule has 0 aliphatic rings. The minimum atomic E-state index is -5.65. The standard InChI is InChI=1S/C11H12ClF5S/c1-9(2,3)7-5-4-6(18-7)8(12)10(13,14)11(15,16)17/h4-5,8H,1-3H3. The maximum Gasteiger partial charge on any atom is 0.455 e. The Balaban J connectivity index is 3.06. The van der Waals surface area contributed by atoms with Gasteiger partial charge >= 0.3 is 12.1 Å². The summed E-state index contributed by atoms with van der Waals surface area (Å²) in [4.78, 5) is 0.532. The first-order valence-corrected chi connectivity index (χ1v) is 6.31. The van der Waals surface area contributed by atoms with Crippen LogP contribution >= 0.6 is 22.9 Å². The van der Waals surface area contributed by atoms with Crippen molar-refractivity contribution >= 4 is 22.9 Å². The van der Waals surface area contributed by atoms with Gasteiger partial charge < -0.3 is 0 Å². The van der Waals surface area contributed by atoms with Crippen LogP contribution < -0.4 is 0 Å². The van der Waals surface area contributed by atoms with Crippen molar-refractivity contribution in [3.63, 3.8) is 0 Å². The van der Waals surface area contributed by atoms with Gasteiger partial charge in [-0.05, 0) is 17.5 Å². The maximum absolute atomic E-state index is 13.1. The number of hydrogen-bond donors (Lipinski definition) is 0. The molecule has 0 saturated heterocycles. The molecule has 0 saturated carbocycles. The molecule has 0 spiro atoms. The van der Waals surface area contributed by atoms with Crippen LogP contribution in [-0.2, 0) is 5.41 Å². The number of hydrogen-bond acceptors (Lipinski definition) is 1. The summed E-state index contributed by atoms with van der Waals surface area (Å²) < 4.78 is 62.7. The fraction of sp³-hybridized carbons (Fsp3) is 0.636. The first kappa shape index (κ1) is 15.7. The summed E-state index contributed by atoms with van der Waals surface area (Å²) in [6.07, 6.45) is -5.65. The van der Waals surface area contributed by atoms with E-state index in [9.17, 15) is 22.0 Å². The first-order chi connectivity index (χ1) is 7.87. The molecule has 1 unspecified atom stereocenters. The molecule has 0 fully saturated rings. The van der Waals surface area contributed by atoms with Crippen LogP contribution in [0.3, 0.4) is 0 Å². The lowest BCUT2D eigenvalue weighted by atomic mass is 9.95. The van der Waals surface area contributed by atoms with E-state index in [-0.39, 0.29) is 10.3 Å². The summed E-state index contributed by atoms with van der Waals surface area (Å²) in [6.45, 7) is 5.52. The molecule has 0 nitrogen and oxygen atoms in total. The monoisotopic (exact) mass is 306 g/mol.